The second kappa shape index (κ2) is 5.88. The number of halogens is 1. The highest BCUT2D eigenvalue weighted by Gasteiger charge is 2.23. The lowest BCUT2D eigenvalue weighted by molar-refractivity contribution is 0.474. The quantitative estimate of drug-likeness (QED) is 0.787. The molecule has 0 fully saturated rings. The topological polar surface area (TPSA) is 77.7 Å². The smallest absolute Gasteiger partial charge is 0.296 e. The third-order valence-corrected chi connectivity index (χ3v) is 3.80. The van der Waals surface area contributed by atoms with Gasteiger partial charge in [0.1, 0.15) is 5.82 Å². The van der Waals surface area contributed by atoms with Crippen molar-refractivity contribution in [3.05, 3.63) is 35.9 Å². The van der Waals surface area contributed by atoms with Gasteiger partial charge in [0, 0.05) is 36.0 Å². The largest absolute Gasteiger partial charge is 0.300 e. The number of nitrogens with zero attached hydrogens (tertiary/aromatic N) is 4. The number of aromatic nitrogens is 4. The first-order chi connectivity index (χ1) is 9.38. The molecule has 20 heavy (non-hydrogen) atoms. The van der Waals surface area contributed by atoms with Gasteiger partial charge in [0.15, 0.2) is 0 Å². The summed E-state index contributed by atoms with van der Waals surface area (Å²) in [5.74, 6) is 0.807. The summed E-state index contributed by atoms with van der Waals surface area (Å²) in [5.41, 5.74) is 0.934. The van der Waals surface area contributed by atoms with Crippen LogP contribution in [0.1, 0.15) is 25.2 Å². The molecule has 2 rings (SSSR count). The predicted molar refractivity (Wildman–Crippen MR) is 74.9 cm³/mol. The fourth-order valence-electron chi connectivity index (χ4n) is 1.86. The minimum absolute atomic E-state index is 0.202. The monoisotopic (exact) mass is 314 g/mol. The van der Waals surface area contributed by atoms with Crippen molar-refractivity contribution in [2.45, 2.75) is 32.0 Å². The summed E-state index contributed by atoms with van der Waals surface area (Å²) in [6.07, 6.45) is 3.85. The molecular formula is C12H15ClN4O2S. The van der Waals surface area contributed by atoms with Crippen molar-refractivity contribution in [2.24, 2.45) is 5.92 Å². The van der Waals surface area contributed by atoms with Crippen molar-refractivity contribution in [3.8, 4) is 0 Å². The molecule has 0 radical (unpaired) electrons. The van der Waals surface area contributed by atoms with E-state index in [2.05, 4.69) is 15.2 Å². The number of pyridine rings is 1. The van der Waals surface area contributed by atoms with Gasteiger partial charge >= 0.3 is 0 Å². The molecule has 0 spiro atoms. The standard InChI is InChI=1S/C12H15ClN4O2S/c1-9(2)8-17-11(6-10-4-3-5-14-7-10)15-16-12(17)20(13,18)19/h3-5,7,9H,6,8H2,1-2H3. The Labute approximate surface area is 122 Å². The third kappa shape index (κ3) is 3.55. The first-order valence-electron chi connectivity index (χ1n) is 6.13. The fraction of sp³-hybridized carbons (Fsp3) is 0.417. The van der Waals surface area contributed by atoms with Crippen LogP contribution in [0.25, 0.3) is 0 Å². The maximum absolute atomic E-state index is 11.5. The summed E-state index contributed by atoms with van der Waals surface area (Å²) in [4.78, 5) is 4.03. The maximum atomic E-state index is 11.5. The minimum atomic E-state index is -3.90. The lowest BCUT2D eigenvalue weighted by Gasteiger charge is -2.11. The molecule has 0 atom stereocenters. The summed E-state index contributed by atoms with van der Waals surface area (Å²) in [7, 11) is 1.50. The minimum Gasteiger partial charge on any atom is -0.300 e. The molecule has 2 aromatic rings. The number of rotatable bonds is 5. The van der Waals surface area contributed by atoms with E-state index in [0.29, 0.717) is 18.8 Å². The highest BCUT2D eigenvalue weighted by Crippen LogP contribution is 2.17. The lowest BCUT2D eigenvalue weighted by Crippen LogP contribution is -2.13. The molecule has 0 saturated carbocycles. The summed E-state index contributed by atoms with van der Waals surface area (Å²) >= 11 is 0. The summed E-state index contributed by atoms with van der Waals surface area (Å²) in [5, 5.41) is 7.46. The van der Waals surface area contributed by atoms with Gasteiger partial charge in [-0.2, -0.15) is 0 Å². The zero-order valence-electron chi connectivity index (χ0n) is 11.2. The molecule has 0 aliphatic heterocycles. The first-order valence-corrected chi connectivity index (χ1v) is 8.44. The van der Waals surface area contributed by atoms with Crippen LogP contribution in [0.3, 0.4) is 0 Å². The molecule has 0 saturated heterocycles. The van der Waals surface area contributed by atoms with E-state index in [9.17, 15) is 8.42 Å². The van der Waals surface area contributed by atoms with Gasteiger partial charge < -0.3 is 4.57 Å². The van der Waals surface area contributed by atoms with Crippen LogP contribution in [0.2, 0.25) is 0 Å². The van der Waals surface area contributed by atoms with Crippen LogP contribution in [0.15, 0.2) is 29.7 Å². The summed E-state index contributed by atoms with van der Waals surface area (Å²) < 4.78 is 24.6. The van der Waals surface area contributed by atoms with Gasteiger partial charge in [-0.25, -0.2) is 8.42 Å². The zero-order valence-corrected chi connectivity index (χ0v) is 12.8. The van der Waals surface area contributed by atoms with E-state index in [1.54, 1.807) is 17.0 Å². The molecular weight excluding hydrogens is 300 g/mol. The van der Waals surface area contributed by atoms with Crippen LogP contribution >= 0.6 is 10.7 Å². The van der Waals surface area contributed by atoms with Gasteiger partial charge in [0.2, 0.25) is 0 Å². The maximum Gasteiger partial charge on any atom is 0.296 e. The Morgan fingerprint density at radius 2 is 2.10 bits per heavy atom. The summed E-state index contributed by atoms with van der Waals surface area (Å²) in [6.45, 7) is 4.46. The van der Waals surface area contributed by atoms with Crippen LogP contribution in [-0.4, -0.2) is 28.2 Å². The Balaban J connectivity index is 2.41. The average Bonchev–Trinajstić information content (AvgIpc) is 2.72. The van der Waals surface area contributed by atoms with E-state index in [-0.39, 0.29) is 11.1 Å². The Bertz CT molecular complexity index is 683. The van der Waals surface area contributed by atoms with Crippen molar-refractivity contribution in [3.63, 3.8) is 0 Å². The SMILES string of the molecule is CC(C)Cn1c(Cc2cccnc2)nnc1S(=O)(=O)Cl. The molecule has 0 aromatic carbocycles. The van der Waals surface area contributed by atoms with Crippen LogP contribution in [0.5, 0.6) is 0 Å². The second-order valence-corrected chi connectivity index (χ2v) is 7.34. The molecule has 2 heterocycles. The zero-order chi connectivity index (χ0) is 14.8. The Morgan fingerprint density at radius 3 is 2.65 bits per heavy atom. The average molecular weight is 315 g/mol. The van der Waals surface area contributed by atoms with Crippen molar-refractivity contribution in [2.75, 3.05) is 0 Å². The van der Waals surface area contributed by atoms with Crippen LogP contribution in [0.4, 0.5) is 0 Å². The van der Waals surface area contributed by atoms with Gasteiger partial charge in [0.25, 0.3) is 14.2 Å². The summed E-state index contributed by atoms with van der Waals surface area (Å²) in [6, 6.07) is 3.72. The number of hydrogen-bond donors (Lipinski definition) is 0. The molecule has 108 valence electrons. The molecule has 6 nitrogen and oxygen atoms in total. The van der Waals surface area contributed by atoms with E-state index in [4.69, 9.17) is 10.7 Å². The highest BCUT2D eigenvalue weighted by atomic mass is 35.7. The highest BCUT2D eigenvalue weighted by molar-refractivity contribution is 8.13. The van der Waals surface area contributed by atoms with Crippen molar-refractivity contribution in [1.82, 2.24) is 19.7 Å². The van der Waals surface area contributed by atoms with Crippen LogP contribution in [-0.2, 0) is 22.0 Å². The molecule has 0 unspecified atom stereocenters. The first kappa shape index (κ1) is 14.9. The molecule has 2 aromatic heterocycles. The van der Waals surface area contributed by atoms with E-state index < -0.39 is 9.05 Å². The van der Waals surface area contributed by atoms with E-state index in [1.165, 1.54) is 0 Å². The van der Waals surface area contributed by atoms with Crippen molar-refractivity contribution in [1.29, 1.82) is 0 Å². The number of hydrogen-bond acceptors (Lipinski definition) is 5. The molecule has 0 aliphatic rings. The van der Waals surface area contributed by atoms with Crippen molar-refractivity contribution < 1.29 is 8.42 Å². The second-order valence-electron chi connectivity index (χ2n) is 4.88. The van der Waals surface area contributed by atoms with E-state index >= 15 is 0 Å². The Hall–Kier alpha value is -1.47. The van der Waals surface area contributed by atoms with E-state index in [0.717, 1.165) is 5.56 Å². The Kier molecular flexibility index (Phi) is 4.39. The van der Waals surface area contributed by atoms with Gasteiger partial charge in [-0.3, -0.25) is 4.98 Å². The predicted octanol–water partition coefficient (Wildman–Crippen LogP) is 1.85. The lowest BCUT2D eigenvalue weighted by atomic mass is 10.2. The van der Waals surface area contributed by atoms with Crippen LogP contribution < -0.4 is 0 Å². The van der Waals surface area contributed by atoms with E-state index in [1.807, 2.05) is 26.0 Å². The molecule has 0 N–H and O–H groups in total. The Morgan fingerprint density at radius 1 is 1.35 bits per heavy atom. The third-order valence-electron chi connectivity index (χ3n) is 2.64. The van der Waals surface area contributed by atoms with Gasteiger partial charge in [-0.05, 0) is 17.5 Å². The van der Waals surface area contributed by atoms with Gasteiger partial charge in [-0.15, -0.1) is 10.2 Å². The molecule has 0 bridgehead atoms. The molecule has 0 aliphatic carbocycles. The molecule has 0 amide bonds. The van der Waals surface area contributed by atoms with Crippen LogP contribution in [0, 0.1) is 5.92 Å². The van der Waals surface area contributed by atoms with Gasteiger partial charge in [0.05, 0.1) is 0 Å². The normalized spacial score (nSPS) is 12.0. The van der Waals surface area contributed by atoms with Gasteiger partial charge in [-0.1, -0.05) is 19.9 Å². The fourth-order valence-corrected chi connectivity index (χ4v) is 2.79. The van der Waals surface area contributed by atoms with Crippen molar-refractivity contribution >= 4 is 19.7 Å². The molecule has 8 heteroatoms.